The van der Waals surface area contributed by atoms with Crippen molar-refractivity contribution in [1.29, 1.82) is 0 Å². The first kappa shape index (κ1) is 16.6. The molecule has 0 spiro atoms. The maximum atomic E-state index is 3.99. The highest BCUT2D eigenvalue weighted by molar-refractivity contribution is 7.99. The van der Waals surface area contributed by atoms with Crippen molar-refractivity contribution in [3.8, 4) is 0 Å². The average Bonchev–Trinajstić information content (AvgIpc) is 2.88. The van der Waals surface area contributed by atoms with Crippen LogP contribution in [0.5, 0.6) is 0 Å². The fourth-order valence-electron chi connectivity index (χ4n) is 4.00. The van der Waals surface area contributed by atoms with E-state index in [2.05, 4.69) is 42.7 Å². The van der Waals surface area contributed by atoms with Crippen molar-refractivity contribution in [3.63, 3.8) is 0 Å². The molecule has 0 aromatic carbocycles. The Morgan fingerprint density at radius 3 is 2.55 bits per heavy atom. The van der Waals surface area contributed by atoms with Gasteiger partial charge in [-0.15, -0.1) is 0 Å². The van der Waals surface area contributed by atoms with Crippen LogP contribution in [0.2, 0.25) is 0 Å². The van der Waals surface area contributed by atoms with Gasteiger partial charge in [0.1, 0.15) is 0 Å². The Bertz CT molecular complexity index is 264. The molecule has 1 N–H and O–H groups in total. The number of nitrogens with zero attached hydrogens (tertiary/aromatic N) is 1. The molecule has 2 rings (SSSR count). The fourth-order valence-corrected chi connectivity index (χ4v) is 5.21. The first-order valence-electron chi connectivity index (χ1n) is 8.84. The molecule has 20 heavy (non-hydrogen) atoms. The molecule has 1 saturated heterocycles. The van der Waals surface area contributed by atoms with Crippen molar-refractivity contribution in [3.05, 3.63) is 0 Å². The number of rotatable bonds is 7. The molecule has 3 atom stereocenters. The van der Waals surface area contributed by atoms with Crippen molar-refractivity contribution in [2.24, 2.45) is 5.92 Å². The largest absolute Gasteiger partial charge is 0.310 e. The number of hydrogen-bond donors (Lipinski definition) is 1. The summed E-state index contributed by atoms with van der Waals surface area (Å²) in [6.45, 7) is 11.0. The maximum Gasteiger partial charge on any atom is 0.0201 e. The van der Waals surface area contributed by atoms with Gasteiger partial charge in [-0.05, 0) is 70.3 Å². The molecule has 118 valence electrons. The van der Waals surface area contributed by atoms with E-state index in [4.69, 9.17) is 0 Å². The Labute approximate surface area is 130 Å². The lowest BCUT2D eigenvalue weighted by atomic mass is 9.89. The molecule has 0 aromatic rings. The molecule has 0 bridgehead atoms. The van der Waals surface area contributed by atoms with Crippen LogP contribution in [-0.2, 0) is 0 Å². The molecule has 1 saturated carbocycles. The van der Waals surface area contributed by atoms with Gasteiger partial charge in [0.15, 0.2) is 0 Å². The zero-order chi connectivity index (χ0) is 14.4. The molecule has 1 aliphatic carbocycles. The van der Waals surface area contributed by atoms with Gasteiger partial charge in [0.05, 0.1) is 0 Å². The third kappa shape index (κ3) is 4.64. The average molecular weight is 299 g/mol. The van der Waals surface area contributed by atoms with E-state index < -0.39 is 0 Å². The minimum absolute atomic E-state index is 0.710. The summed E-state index contributed by atoms with van der Waals surface area (Å²) in [4.78, 5) is 2.65. The second kappa shape index (κ2) is 8.65. The predicted octanol–water partition coefficient (Wildman–Crippen LogP) is 3.76. The molecular formula is C17H34N2S. The Hall–Kier alpha value is 0.270. The van der Waals surface area contributed by atoms with Crippen molar-refractivity contribution in [1.82, 2.24) is 10.2 Å². The minimum atomic E-state index is 0.710. The van der Waals surface area contributed by atoms with E-state index in [-0.39, 0.29) is 0 Å². The van der Waals surface area contributed by atoms with E-state index in [0.717, 1.165) is 17.2 Å². The molecule has 0 radical (unpaired) electrons. The van der Waals surface area contributed by atoms with Gasteiger partial charge in [0, 0.05) is 17.3 Å². The molecule has 1 heterocycles. The van der Waals surface area contributed by atoms with Gasteiger partial charge in [0.25, 0.3) is 0 Å². The summed E-state index contributed by atoms with van der Waals surface area (Å²) in [5.74, 6) is 2.17. The van der Waals surface area contributed by atoms with Gasteiger partial charge in [-0.25, -0.2) is 0 Å². The topological polar surface area (TPSA) is 15.3 Å². The van der Waals surface area contributed by atoms with Crippen molar-refractivity contribution < 1.29 is 0 Å². The molecule has 0 aromatic heterocycles. The van der Waals surface area contributed by atoms with Crippen LogP contribution in [0.15, 0.2) is 0 Å². The Kier molecular flexibility index (Phi) is 7.20. The summed E-state index contributed by atoms with van der Waals surface area (Å²) in [5, 5.41) is 4.87. The lowest BCUT2D eigenvalue weighted by Crippen LogP contribution is -2.47. The fraction of sp³-hybridized carbons (Fsp3) is 1.00. The van der Waals surface area contributed by atoms with Crippen LogP contribution in [0.1, 0.15) is 59.3 Å². The van der Waals surface area contributed by atoms with E-state index in [1.54, 1.807) is 0 Å². The quantitative estimate of drug-likeness (QED) is 0.770. The van der Waals surface area contributed by atoms with Crippen LogP contribution < -0.4 is 5.32 Å². The van der Waals surface area contributed by atoms with Crippen molar-refractivity contribution >= 4 is 11.8 Å². The molecule has 3 heteroatoms. The Morgan fingerprint density at radius 1 is 1.15 bits per heavy atom. The van der Waals surface area contributed by atoms with E-state index in [1.165, 1.54) is 63.9 Å². The molecule has 0 amide bonds. The second-order valence-electron chi connectivity index (χ2n) is 6.67. The van der Waals surface area contributed by atoms with Crippen LogP contribution in [-0.4, -0.2) is 47.6 Å². The third-order valence-electron chi connectivity index (χ3n) is 5.19. The number of likely N-dealkylation sites (tertiary alicyclic amines) is 1. The molecule has 2 aliphatic rings. The van der Waals surface area contributed by atoms with E-state index in [9.17, 15) is 0 Å². The SMILES string of the molecule is CCCN1CCC(C(C)NC2CCCC2SCC)CC1. The second-order valence-corrected chi connectivity index (χ2v) is 8.18. The summed E-state index contributed by atoms with van der Waals surface area (Å²) in [5.41, 5.74) is 0. The lowest BCUT2D eigenvalue weighted by molar-refractivity contribution is 0.159. The maximum absolute atomic E-state index is 3.99. The highest BCUT2D eigenvalue weighted by atomic mass is 32.2. The summed E-state index contributed by atoms with van der Waals surface area (Å²) in [6, 6.07) is 1.49. The summed E-state index contributed by atoms with van der Waals surface area (Å²) in [6.07, 6.45) is 8.35. The predicted molar refractivity (Wildman–Crippen MR) is 91.6 cm³/mol. The molecule has 1 aliphatic heterocycles. The summed E-state index contributed by atoms with van der Waals surface area (Å²) in [7, 11) is 0. The van der Waals surface area contributed by atoms with Crippen LogP contribution in [0, 0.1) is 5.92 Å². The minimum Gasteiger partial charge on any atom is -0.310 e. The number of thioether (sulfide) groups is 1. The first-order chi connectivity index (χ1) is 9.74. The smallest absolute Gasteiger partial charge is 0.0201 e. The highest BCUT2D eigenvalue weighted by Gasteiger charge is 2.31. The Balaban J connectivity index is 1.73. The molecule has 3 unspecified atom stereocenters. The highest BCUT2D eigenvalue weighted by Crippen LogP contribution is 2.31. The zero-order valence-corrected chi connectivity index (χ0v) is 14.6. The van der Waals surface area contributed by atoms with Crippen LogP contribution in [0.25, 0.3) is 0 Å². The van der Waals surface area contributed by atoms with E-state index in [0.29, 0.717) is 6.04 Å². The summed E-state index contributed by atoms with van der Waals surface area (Å²) < 4.78 is 0. The Morgan fingerprint density at radius 2 is 1.90 bits per heavy atom. The van der Waals surface area contributed by atoms with E-state index in [1.807, 2.05) is 0 Å². The third-order valence-corrected chi connectivity index (χ3v) is 6.52. The van der Waals surface area contributed by atoms with Gasteiger partial charge >= 0.3 is 0 Å². The van der Waals surface area contributed by atoms with Gasteiger partial charge in [-0.1, -0.05) is 20.3 Å². The molecule has 2 fully saturated rings. The normalized spacial score (nSPS) is 30.8. The van der Waals surface area contributed by atoms with Gasteiger partial charge < -0.3 is 10.2 Å². The molecule has 2 nitrogen and oxygen atoms in total. The van der Waals surface area contributed by atoms with Gasteiger partial charge in [-0.2, -0.15) is 11.8 Å². The standard InChI is InChI=1S/C17H34N2S/c1-4-11-19-12-9-15(10-13-19)14(3)18-16-7-6-8-17(16)20-5-2/h14-18H,4-13H2,1-3H3. The van der Waals surface area contributed by atoms with Gasteiger partial charge in [0.2, 0.25) is 0 Å². The van der Waals surface area contributed by atoms with Crippen molar-refractivity contribution in [2.45, 2.75) is 76.6 Å². The van der Waals surface area contributed by atoms with Crippen molar-refractivity contribution in [2.75, 3.05) is 25.4 Å². The lowest BCUT2D eigenvalue weighted by Gasteiger charge is -2.36. The number of nitrogens with one attached hydrogen (secondary N) is 1. The van der Waals surface area contributed by atoms with Crippen LogP contribution >= 0.6 is 11.8 Å². The van der Waals surface area contributed by atoms with Crippen LogP contribution in [0.3, 0.4) is 0 Å². The zero-order valence-electron chi connectivity index (χ0n) is 13.7. The molecular weight excluding hydrogens is 264 g/mol. The number of piperidine rings is 1. The van der Waals surface area contributed by atoms with Crippen LogP contribution in [0.4, 0.5) is 0 Å². The monoisotopic (exact) mass is 298 g/mol. The van der Waals surface area contributed by atoms with E-state index >= 15 is 0 Å². The number of hydrogen-bond acceptors (Lipinski definition) is 3. The summed E-state index contributed by atoms with van der Waals surface area (Å²) >= 11 is 2.17. The first-order valence-corrected chi connectivity index (χ1v) is 9.89. The van der Waals surface area contributed by atoms with Gasteiger partial charge in [-0.3, -0.25) is 0 Å².